The van der Waals surface area contributed by atoms with Gasteiger partial charge in [-0.2, -0.15) is 5.10 Å². The third-order valence-electron chi connectivity index (χ3n) is 5.89. The molecule has 0 saturated carbocycles. The number of aryl methyl sites for hydroxylation is 1. The zero-order valence-electron chi connectivity index (χ0n) is 18.4. The highest BCUT2D eigenvalue weighted by molar-refractivity contribution is 5.92. The van der Waals surface area contributed by atoms with E-state index < -0.39 is 0 Å². The number of ether oxygens (including phenoxy) is 1. The largest absolute Gasteiger partial charge is 0.496 e. The van der Waals surface area contributed by atoms with Crippen LogP contribution in [0.25, 0.3) is 16.8 Å². The zero-order chi connectivity index (χ0) is 22.9. The van der Waals surface area contributed by atoms with Gasteiger partial charge in [0.15, 0.2) is 11.5 Å². The first kappa shape index (κ1) is 21.0. The van der Waals surface area contributed by atoms with E-state index in [4.69, 9.17) is 9.72 Å². The Hall–Kier alpha value is -3.88. The molecule has 8 nitrogen and oxygen atoms in total. The summed E-state index contributed by atoms with van der Waals surface area (Å²) < 4.78 is 20.9. The number of hydrogen-bond acceptors (Lipinski definition) is 6. The van der Waals surface area contributed by atoms with Crippen molar-refractivity contribution in [2.75, 3.05) is 20.2 Å². The first-order chi connectivity index (χ1) is 16.0. The van der Waals surface area contributed by atoms with Crippen molar-refractivity contribution in [3.8, 4) is 16.9 Å². The summed E-state index contributed by atoms with van der Waals surface area (Å²) in [5.74, 6) is 0.822. The molecule has 0 radical (unpaired) electrons. The third kappa shape index (κ3) is 4.13. The lowest BCUT2D eigenvalue weighted by molar-refractivity contribution is 0.0698. The lowest BCUT2D eigenvalue weighted by Gasteiger charge is -2.31. The van der Waals surface area contributed by atoms with Gasteiger partial charge in [-0.15, -0.1) is 0 Å². The summed E-state index contributed by atoms with van der Waals surface area (Å²) in [7, 11) is 1.56. The molecule has 1 amide bonds. The topological polar surface area (TPSA) is 85.5 Å². The molecular weight excluding hydrogens is 423 g/mol. The van der Waals surface area contributed by atoms with Crippen LogP contribution in [0.1, 0.15) is 40.8 Å². The molecule has 1 fully saturated rings. The number of methoxy groups -OCH3 is 1. The van der Waals surface area contributed by atoms with Crippen LogP contribution in [-0.4, -0.2) is 55.6 Å². The number of halogens is 1. The molecule has 9 heteroatoms. The van der Waals surface area contributed by atoms with Crippen molar-refractivity contribution < 1.29 is 13.9 Å². The van der Waals surface area contributed by atoms with Crippen molar-refractivity contribution in [1.82, 2.24) is 29.5 Å². The van der Waals surface area contributed by atoms with Gasteiger partial charge in [0, 0.05) is 42.5 Å². The predicted octanol–water partition coefficient (Wildman–Crippen LogP) is 3.66. The minimum absolute atomic E-state index is 0.0214. The van der Waals surface area contributed by atoms with Crippen molar-refractivity contribution in [3.05, 3.63) is 72.0 Å². The quantitative estimate of drug-likeness (QED) is 0.476. The lowest BCUT2D eigenvalue weighted by atomic mass is 9.97. The summed E-state index contributed by atoms with van der Waals surface area (Å²) in [4.78, 5) is 27.8. The molecule has 1 aliphatic rings. The summed E-state index contributed by atoms with van der Waals surface area (Å²) in [6.07, 6.45) is 6.69. The van der Waals surface area contributed by atoms with Crippen LogP contribution in [0, 0.1) is 12.7 Å². The fourth-order valence-electron chi connectivity index (χ4n) is 4.18. The van der Waals surface area contributed by atoms with Gasteiger partial charge in [0.2, 0.25) is 0 Å². The molecule has 3 aromatic heterocycles. The second-order valence-corrected chi connectivity index (χ2v) is 8.17. The molecule has 1 saturated heterocycles. The number of likely N-dealkylation sites (tertiary alicyclic amines) is 1. The van der Waals surface area contributed by atoms with Crippen LogP contribution in [0.5, 0.6) is 5.75 Å². The highest BCUT2D eigenvalue weighted by atomic mass is 19.1. The van der Waals surface area contributed by atoms with Crippen LogP contribution < -0.4 is 4.74 Å². The minimum Gasteiger partial charge on any atom is -0.496 e. The molecule has 4 heterocycles. The maximum Gasteiger partial charge on any atom is 0.274 e. The van der Waals surface area contributed by atoms with Gasteiger partial charge < -0.3 is 9.64 Å². The summed E-state index contributed by atoms with van der Waals surface area (Å²) in [5.41, 5.74) is 3.22. The van der Waals surface area contributed by atoms with Crippen molar-refractivity contribution in [1.29, 1.82) is 0 Å². The summed E-state index contributed by atoms with van der Waals surface area (Å²) in [6, 6.07) is 8.14. The number of fused-ring (bicyclic) bond motifs is 1. The number of pyridine rings is 1. The number of carbonyl (C=O) groups is 1. The Balaban J connectivity index is 1.40. The molecule has 0 spiro atoms. The van der Waals surface area contributed by atoms with Gasteiger partial charge >= 0.3 is 0 Å². The van der Waals surface area contributed by atoms with E-state index in [0.29, 0.717) is 41.6 Å². The Bertz CT molecular complexity index is 1320. The van der Waals surface area contributed by atoms with E-state index >= 15 is 0 Å². The third-order valence-corrected chi connectivity index (χ3v) is 5.89. The summed E-state index contributed by atoms with van der Waals surface area (Å²) in [6.45, 7) is 3.03. The normalized spacial score (nSPS) is 16.2. The van der Waals surface area contributed by atoms with Crippen molar-refractivity contribution in [2.24, 2.45) is 0 Å². The molecule has 33 heavy (non-hydrogen) atoms. The van der Waals surface area contributed by atoms with E-state index in [2.05, 4.69) is 15.1 Å². The van der Waals surface area contributed by atoms with Gasteiger partial charge in [-0.25, -0.2) is 18.9 Å². The number of nitrogens with zero attached hydrogens (tertiary/aromatic N) is 6. The SMILES string of the molecule is COc1ccc(F)cc1-c1ccc2nc([C@H]3CCCN(C(=O)c4cnc(C)cn4)C3)nn2c1. The number of hydrogen-bond donors (Lipinski definition) is 0. The Kier molecular flexibility index (Phi) is 5.45. The van der Waals surface area contributed by atoms with Crippen LogP contribution in [0.2, 0.25) is 0 Å². The maximum absolute atomic E-state index is 13.8. The molecule has 5 rings (SSSR count). The highest BCUT2D eigenvalue weighted by Gasteiger charge is 2.28. The van der Waals surface area contributed by atoms with Crippen molar-refractivity contribution in [2.45, 2.75) is 25.7 Å². The van der Waals surface area contributed by atoms with Gasteiger partial charge in [-0.3, -0.25) is 9.78 Å². The summed E-state index contributed by atoms with van der Waals surface area (Å²) >= 11 is 0. The van der Waals surface area contributed by atoms with E-state index in [1.807, 2.05) is 25.3 Å². The predicted molar refractivity (Wildman–Crippen MR) is 120 cm³/mol. The van der Waals surface area contributed by atoms with Crippen LogP contribution in [0.4, 0.5) is 4.39 Å². The zero-order valence-corrected chi connectivity index (χ0v) is 18.4. The Labute approximate surface area is 190 Å². The van der Waals surface area contributed by atoms with E-state index in [1.54, 1.807) is 28.8 Å². The number of aromatic nitrogens is 5. The molecular formula is C24H23FN6O2. The monoisotopic (exact) mass is 446 g/mol. The smallest absolute Gasteiger partial charge is 0.274 e. The number of carbonyl (C=O) groups excluding carboxylic acids is 1. The van der Waals surface area contributed by atoms with E-state index in [9.17, 15) is 9.18 Å². The molecule has 0 bridgehead atoms. The average molecular weight is 446 g/mol. The van der Waals surface area contributed by atoms with Gasteiger partial charge in [-0.05, 0) is 50.1 Å². The second kappa shape index (κ2) is 8.57. The molecule has 0 aliphatic carbocycles. The molecule has 0 unspecified atom stereocenters. The lowest BCUT2D eigenvalue weighted by Crippen LogP contribution is -2.39. The summed E-state index contributed by atoms with van der Waals surface area (Å²) in [5, 5.41) is 4.68. The Morgan fingerprint density at radius 2 is 2.06 bits per heavy atom. The van der Waals surface area contributed by atoms with E-state index in [1.165, 1.54) is 18.3 Å². The highest BCUT2D eigenvalue weighted by Crippen LogP contribution is 2.31. The van der Waals surface area contributed by atoms with Gasteiger partial charge in [0.05, 0.1) is 19.0 Å². The minimum atomic E-state index is -0.338. The van der Waals surface area contributed by atoms with Gasteiger partial charge in [-0.1, -0.05) is 0 Å². The van der Waals surface area contributed by atoms with Crippen molar-refractivity contribution >= 4 is 11.6 Å². The van der Waals surface area contributed by atoms with Crippen LogP contribution >= 0.6 is 0 Å². The van der Waals surface area contributed by atoms with E-state index in [-0.39, 0.29) is 17.6 Å². The van der Waals surface area contributed by atoms with Crippen LogP contribution in [0.15, 0.2) is 48.9 Å². The number of piperidine rings is 1. The molecule has 168 valence electrons. The Morgan fingerprint density at radius 3 is 2.85 bits per heavy atom. The average Bonchev–Trinajstić information content (AvgIpc) is 3.28. The van der Waals surface area contributed by atoms with Crippen molar-refractivity contribution in [3.63, 3.8) is 0 Å². The molecule has 0 N–H and O–H groups in total. The first-order valence-corrected chi connectivity index (χ1v) is 10.8. The van der Waals surface area contributed by atoms with Crippen LogP contribution in [-0.2, 0) is 0 Å². The molecule has 4 aromatic rings. The van der Waals surface area contributed by atoms with E-state index in [0.717, 1.165) is 24.1 Å². The number of benzene rings is 1. The maximum atomic E-state index is 13.8. The van der Waals surface area contributed by atoms with Gasteiger partial charge in [0.25, 0.3) is 5.91 Å². The van der Waals surface area contributed by atoms with Crippen LogP contribution in [0.3, 0.4) is 0 Å². The molecule has 1 aromatic carbocycles. The molecule has 1 atom stereocenters. The van der Waals surface area contributed by atoms with Gasteiger partial charge in [0.1, 0.15) is 17.3 Å². The number of amides is 1. The second-order valence-electron chi connectivity index (χ2n) is 8.17. The fraction of sp³-hybridized carbons (Fsp3) is 0.292. The number of rotatable bonds is 4. The fourth-order valence-corrected chi connectivity index (χ4v) is 4.18. The molecule has 1 aliphatic heterocycles. The first-order valence-electron chi connectivity index (χ1n) is 10.8. The Morgan fingerprint density at radius 1 is 1.18 bits per heavy atom. The standard InChI is InChI=1S/C24H23FN6O2/c1-15-11-27-20(12-26-15)24(32)30-9-3-4-17(13-30)23-28-22-8-5-16(14-31(22)29-23)19-10-18(25)6-7-21(19)33-2/h5-8,10-12,14,17H,3-4,9,13H2,1-2H3/t17-/m0/s1.